The molecule has 0 amide bonds. The Labute approximate surface area is 135 Å². The monoisotopic (exact) mass is 347 g/mol. The highest BCUT2D eigenvalue weighted by molar-refractivity contribution is 9.10. The first-order chi connectivity index (χ1) is 9.88. The predicted molar refractivity (Wildman–Crippen MR) is 92.1 cm³/mol. The molecule has 2 nitrogen and oxygen atoms in total. The number of aryl methyl sites for hydroxylation is 1. The van der Waals surface area contributed by atoms with Crippen molar-refractivity contribution in [2.45, 2.75) is 39.7 Å². The summed E-state index contributed by atoms with van der Waals surface area (Å²) in [6, 6.07) is 12.3. The lowest BCUT2D eigenvalue weighted by Crippen LogP contribution is -2.07. The Balaban J connectivity index is 2.40. The molecule has 2 rings (SSSR count). The number of benzene rings is 2. The van der Waals surface area contributed by atoms with Crippen molar-refractivity contribution < 1.29 is 4.74 Å². The summed E-state index contributed by atoms with van der Waals surface area (Å²) >= 11 is 3.48. The van der Waals surface area contributed by atoms with Crippen LogP contribution in [-0.2, 0) is 0 Å². The Morgan fingerprint density at radius 2 is 1.71 bits per heavy atom. The molecule has 2 aromatic rings. The van der Waals surface area contributed by atoms with Gasteiger partial charge in [-0.15, -0.1) is 0 Å². The van der Waals surface area contributed by atoms with Crippen molar-refractivity contribution in [3.63, 3.8) is 0 Å². The van der Waals surface area contributed by atoms with E-state index in [1.807, 2.05) is 25.1 Å². The van der Waals surface area contributed by atoms with E-state index >= 15 is 0 Å². The highest BCUT2D eigenvalue weighted by Gasteiger charge is 2.12. The van der Waals surface area contributed by atoms with Gasteiger partial charge in [0.15, 0.2) is 0 Å². The zero-order valence-electron chi connectivity index (χ0n) is 13.0. The largest absolute Gasteiger partial charge is 0.457 e. The molecule has 21 heavy (non-hydrogen) atoms. The fourth-order valence-corrected chi connectivity index (χ4v) is 2.55. The molecule has 3 heteroatoms. The van der Waals surface area contributed by atoms with Crippen LogP contribution in [0.25, 0.3) is 0 Å². The van der Waals surface area contributed by atoms with E-state index in [2.05, 4.69) is 54.9 Å². The molecule has 0 radical (unpaired) electrons. The Hall–Kier alpha value is -1.32. The molecule has 1 atom stereocenters. The number of hydrogen-bond acceptors (Lipinski definition) is 2. The average molecular weight is 348 g/mol. The van der Waals surface area contributed by atoms with Gasteiger partial charge in [0.2, 0.25) is 0 Å². The van der Waals surface area contributed by atoms with Crippen molar-refractivity contribution in [3.05, 3.63) is 57.6 Å². The number of ether oxygens (including phenoxy) is 1. The molecule has 112 valence electrons. The molecule has 2 N–H and O–H groups in total. The Kier molecular flexibility index (Phi) is 5.07. The lowest BCUT2D eigenvalue weighted by Gasteiger charge is -2.17. The first-order valence-electron chi connectivity index (χ1n) is 7.22. The molecule has 0 fully saturated rings. The van der Waals surface area contributed by atoms with Crippen LogP contribution >= 0.6 is 15.9 Å². The van der Waals surface area contributed by atoms with Gasteiger partial charge in [0, 0.05) is 16.1 Å². The summed E-state index contributed by atoms with van der Waals surface area (Å²) in [4.78, 5) is 0. The van der Waals surface area contributed by atoms with Crippen LogP contribution < -0.4 is 10.5 Å². The van der Waals surface area contributed by atoms with Crippen molar-refractivity contribution >= 4 is 15.9 Å². The number of hydrogen-bond donors (Lipinski definition) is 1. The minimum atomic E-state index is -0.0777. The molecule has 0 saturated carbocycles. The van der Waals surface area contributed by atoms with Crippen molar-refractivity contribution in [1.29, 1.82) is 0 Å². The summed E-state index contributed by atoms with van der Waals surface area (Å²) in [6.07, 6.45) is 0. The third-order valence-corrected chi connectivity index (χ3v) is 4.05. The maximum absolute atomic E-state index is 6.15. The second-order valence-corrected chi connectivity index (χ2v) is 6.67. The summed E-state index contributed by atoms with van der Waals surface area (Å²) in [7, 11) is 0. The van der Waals surface area contributed by atoms with E-state index in [0.717, 1.165) is 27.1 Å². The molecule has 0 bridgehead atoms. The SMILES string of the molecule is Cc1ccc(C(C)C)cc1Oc1ccc(Br)cc1C(C)N. The van der Waals surface area contributed by atoms with Gasteiger partial charge in [-0.05, 0) is 55.2 Å². The third kappa shape index (κ3) is 3.86. The molecule has 0 aliphatic carbocycles. The molecule has 1 unspecified atom stereocenters. The van der Waals surface area contributed by atoms with Gasteiger partial charge in [0.1, 0.15) is 11.5 Å². The van der Waals surface area contributed by atoms with E-state index in [0.29, 0.717) is 5.92 Å². The maximum atomic E-state index is 6.15. The summed E-state index contributed by atoms with van der Waals surface area (Å²) in [5, 5.41) is 0. The van der Waals surface area contributed by atoms with Crippen LogP contribution in [0.1, 0.15) is 49.4 Å². The van der Waals surface area contributed by atoms with Crippen molar-refractivity contribution in [1.82, 2.24) is 0 Å². The fourth-order valence-electron chi connectivity index (χ4n) is 2.17. The molecule has 2 aromatic carbocycles. The summed E-state index contributed by atoms with van der Waals surface area (Å²) < 4.78 is 7.16. The topological polar surface area (TPSA) is 35.2 Å². The zero-order chi connectivity index (χ0) is 15.6. The highest BCUT2D eigenvalue weighted by atomic mass is 79.9. The van der Waals surface area contributed by atoms with Crippen LogP contribution in [0.3, 0.4) is 0 Å². The normalized spacial score (nSPS) is 12.5. The van der Waals surface area contributed by atoms with Crippen LogP contribution in [0.2, 0.25) is 0 Å². The smallest absolute Gasteiger partial charge is 0.132 e. The van der Waals surface area contributed by atoms with Gasteiger partial charge in [0.05, 0.1) is 0 Å². The van der Waals surface area contributed by atoms with Crippen molar-refractivity contribution in [2.24, 2.45) is 5.73 Å². The molecule has 0 aromatic heterocycles. The third-order valence-electron chi connectivity index (χ3n) is 3.56. The van der Waals surface area contributed by atoms with Crippen LogP contribution in [-0.4, -0.2) is 0 Å². The second-order valence-electron chi connectivity index (χ2n) is 5.75. The number of rotatable bonds is 4. The molecule has 0 heterocycles. The van der Waals surface area contributed by atoms with Gasteiger partial charge < -0.3 is 10.5 Å². The number of halogens is 1. The Bertz CT molecular complexity index is 635. The highest BCUT2D eigenvalue weighted by Crippen LogP contribution is 2.34. The first kappa shape index (κ1) is 16.1. The minimum Gasteiger partial charge on any atom is -0.457 e. The standard InChI is InChI=1S/C18H22BrNO/c1-11(2)14-6-5-12(3)18(9-14)21-17-8-7-15(19)10-16(17)13(4)20/h5-11,13H,20H2,1-4H3. The quantitative estimate of drug-likeness (QED) is 0.770. The van der Waals surface area contributed by atoms with E-state index in [1.54, 1.807) is 0 Å². The van der Waals surface area contributed by atoms with Gasteiger partial charge in [-0.25, -0.2) is 0 Å². The molecule has 0 aliphatic rings. The van der Waals surface area contributed by atoms with Crippen LogP contribution in [0.4, 0.5) is 0 Å². The lowest BCUT2D eigenvalue weighted by atomic mass is 10.0. The molecular weight excluding hydrogens is 326 g/mol. The number of nitrogens with two attached hydrogens (primary N) is 1. The Morgan fingerprint density at radius 1 is 1.00 bits per heavy atom. The second kappa shape index (κ2) is 6.63. The summed E-state index contributed by atoms with van der Waals surface area (Å²) in [5.41, 5.74) is 9.45. The van der Waals surface area contributed by atoms with Crippen LogP contribution in [0, 0.1) is 6.92 Å². The molecule has 0 spiro atoms. The van der Waals surface area contributed by atoms with Crippen molar-refractivity contribution in [2.75, 3.05) is 0 Å². The maximum Gasteiger partial charge on any atom is 0.132 e. The first-order valence-corrected chi connectivity index (χ1v) is 8.01. The lowest BCUT2D eigenvalue weighted by molar-refractivity contribution is 0.467. The van der Waals surface area contributed by atoms with E-state index in [4.69, 9.17) is 10.5 Å². The molecule has 0 aliphatic heterocycles. The fraction of sp³-hybridized carbons (Fsp3) is 0.333. The molecular formula is C18H22BrNO. The van der Waals surface area contributed by atoms with Gasteiger partial charge in [-0.2, -0.15) is 0 Å². The summed E-state index contributed by atoms with van der Waals surface area (Å²) in [5.74, 6) is 2.19. The van der Waals surface area contributed by atoms with Gasteiger partial charge in [-0.1, -0.05) is 41.9 Å². The zero-order valence-corrected chi connectivity index (χ0v) is 14.6. The van der Waals surface area contributed by atoms with E-state index in [1.165, 1.54) is 5.56 Å². The van der Waals surface area contributed by atoms with E-state index in [-0.39, 0.29) is 6.04 Å². The minimum absolute atomic E-state index is 0.0777. The van der Waals surface area contributed by atoms with Gasteiger partial charge >= 0.3 is 0 Å². The average Bonchev–Trinajstić information content (AvgIpc) is 2.42. The van der Waals surface area contributed by atoms with Gasteiger partial charge in [-0.3, -0.25) is 0 Å². The van der Waals surface area contributed by atoms with E-state index < -0.39 is 0 Å². The van der Waals surface area contributed by atoms with Crippen LogP contribution in [0.5, 0.6) is 11.5 Å². The van der Waals surface area contributed by atoms with Crippen LogP contribution in [0.15, 0.2) is 40.9 Å². The van der Waals surface area contributed by atoms with Crippen molar-refractivity contribution in [3.8, 4) is 11.5 Å². The van der Waals surface area contributed by atoms with Gasteiger partial charge in [0.25, 0.3) is 0 Å². The summed E-state index contributed by atoms with van der Waals surface area (Å²) in [6.45, 7) is 8.39. The van der Waals surface area contributed by atoms with E-state index in [9.17, 15) is 0 Å². The predicted octanol–water partition coefficient (Wildman–Crippen LogP) is 5.69. The Morgan fingerprint density at radius 3 is 2.33 bits per heavy atom. The molecule has 0 saturated heterocycles.